The number of hydrogen-bond acceptors (Lipinski definition) is 4. The molecule has 6 nitrogen and oxygen atoms in total. The van der Waals surface area contributed by atoms with E-state index in [1.165, 1.54) is 5.01 Å². The lowest BCUT2D eigenvalue weighted by Crippen LogP contribution is -2.45. The number of nitrogens with zero attached hydrogens (tertiary/aromatic N) is 3. The number of carbonyl (C=O) groups is 1. The molecule has 2 heterocycles. The Bertz CT molecular complexity index is 557. The van der Waals surface area contributed by atoms with E-state index < -0.39 is 0 Å². The Hall–Kier alpha value is -1.63. The van der Waals surface area contributed by atoms with Crippen molar-refractivity contribution in [3.63, 3.8) is 0 Å². The highest BCUT2D eigenvalue weighted by Crippen LogP contribution is 2.11. The molecule has 0 bridgehead atoms. The smallest absolute Gasteiger partial charge is 0.222 e. The highest BCUT2D eigenvalue weighted by Gasteiger charge is 2.25. The van der Waals surface area contributed by atoms with Crippen LogP contribution in [0.1, 0.15) is 43.8 Å². The van der Waals surface area contributed by atoms with Crippen molar-refractivity contribution in [3.8, 4) is 0 Å². The van der Waals surface area contributed by atoms with Gasteiger partial charge in [-0.05, 0) is 26.7 Å². The summed E-state index contributed by atoms with van der Waals surface area (Å²) in [6.07, 6.45) is 3.53. The van der Waals surface area contributed by atoms with Gasteiger partial charge >= 0.3 is 0 Å². The highest BCUT2D eigenvalue weighted by molar-refractivity contribution is 7.09. The van der Waals surface area contributed by atoms with Crippen LogP contribution in [-0.4, -0.2) is 54.0 Å². The van der Waals surface area contributed by atoms with Gasteiger partial charge in [0.2, 0.25) is 5.91 Å². The van der Waals surface area contributed by atoms with Gasteiger partial charge in [-0.15, -0.1) is 11.3 Å². The molecule has 2 rings (SSSR count). The van der Waals surface area contributed by atoms with Gasteiger partial charge in [-0.25, -0.2) is 4.98 Å². The zero-order valence-corrected chi connectivity index (χ0v) is 15.8. The predicted octanol–water partition coefficient (Wildman–Crippen LogP) is 1.95. The minimum atomic E-state index is 0.236. The number of hydrogen-bond donors (Lipinski definition) is 2. The maximum Gasteiger partial charge on any atom is 0.222 e. The molecule has 134 valence electrons. The van der Waals surface area contributed by atoms with E-state index in [9.17, 15) is 4.79 Å². The third-order valence-corrected chi connectivity index (χ3v) is 5.04. The highest BCUT2D eigenvalue weighted by atomic mass is 32.1. The molecule has 0 radical (unpaired) electrons. The number of carbonyl (C=O) groups excluding carboxylic acids is 1. The molecular weight excluding hydrogens is 322 g/mol. The molecule has 1 saturated heterocycles. The fourth-order valence-electron chi connectivity index (χ4n) is 2.78. The van der Waals surface area contributed by atoms with Crippen LogP contribution in [-0.2, 0) is 11.2 Å². The Balaban J connectivity index is 1.77. The lowest BCUT2D eigenvalue weighted by molar-refractivity contribution is -0.129. The molecule has 7 heteroatoms. The number of thiazole rings is 1. The molecule has 0 aliphatic carbocycles. The van der Waals surface area contributed by atoms with Crippen LogP contribution in [0, 0.1) is 6.92 Å². The van der Waals surface area contributed by atoms with E-state index in [1.54, 1.807) is 11.3 Å². The summed E-state index contributed by atoms with van der Waals surface area (Å²) in [4.78, 5) is 22.8. The first kappa shape index (κ1) is 18.7. The summed E-state index contributed by atoms with van der Waals surface area (Å²) in [6.45, 7) is 9.23. The summed E-state index contributed by atoms with van der Waals surface area (Å²) < 4.78 is 0. The Kier molecular flexibility index (Phi) is 7.49. The van der Waals surface area contributed by atoms with Crippen LogP contribution in [0.3, 0.4) is 0 Å². The zero-order chi connectivity index (χ0) is 17.4. The Morgan fingerprint density at radius 2 is 2.33 bits per heavy atom. The van der Waals surface area contributed by atoms with E-state index >= 15 is 0 Å². The van der Waals surface area contributed by atoms with Gasteiger partial charge in [0.1, 0.15) is 0 Å². The fourth-order valence-corrected chi connectivity index (χ4v) is 3.60. The molecule has 1 fully saturated rings. The van der Waals surface area contributed by atoms with E-state index in [-0.39, 0.29) is 5.91 Å². The van der Waals surface area contributed by atoms with Gasteiger partial charge in [-0.2, -0.15) is 0 Å². The van der Waals surface area contributed by atoms with Gasteiger partial charge in [0, 0.05) is 56.1 Å². The number of nitrogens with one attached hydrogen (secondary N) is 2. The Morgan fingerprint density at radius 1 is 1.50 bits per heavy atom. The lowest BCUT2D eigenvalue weighted by atomic mass is 10.3. The van der Waals surface area contributed by atoms with Crippen LogP contribution in [0.15, 0.2) is 10.4 Å². The zero-order valence-electron chi connectivity index (χ0n) is 15.0. The third kappa shape index (κ3) is 5.78. The van der Waals surface area contributed by atoms with Gasteiger partial charge in [-0.1, -0.05) is 6.92 Å². The number of aromatic nitrogens is 1. The monoisotopic (exact) mass is 351 g/mol. The standard InChI is InChI=1S/C17H29N5OS/c1-4-16(23)22-10-8-14(11-22)21-17(18-5-2)19-9-6-7-15-20-13(3)12-24-15/h12,14H,4-11H2,1-3H3,(H2,18,19,21). The molecule has 1 amide bonds. The van der Waals surface area contributed by atoms with E-state index in [0.717, 1.165) is 57.1 Å². The first-order valence-corrected chi connectivity index (χ1v) is 9.74. The number of likely N-dealkylation sites (tertiary alicyclic amines) is 1. The molecule has 0 saturated carbocycles. The van der Waals surface area contributed by atoms with E-state index in [1.807, 2.05) is 18.7 Å². The molecule has 24 heavy (non-hydrogen) atoms. The number of rotatable bonds is 7. The summed E-state index contributed by atoms with van der Waals surface area (Å²) in [5.74, 6) is 1.09. The molecule has 1 aliphatic rings. The largest absolute Gasteiger partial charge is 0.357 e. The number of aliphatic imine (C=N–C) groups is 1. The first-order chi connectivity index (χ1) is 11.6. The third-order valence-electron chi connectivity index (χ3n) is 4.01. The maximum absolute atomic E-state index is 11.8. The molecule has 1 unspecified atom stereocenters. The van der Waals surface area contributed by atoms with Crippen LogP contribution in [0.25, 0.3) is 0 Å². The van der Waals surface area contributed by atoms with E-state index in [2.05, 4.69) is 32.9 Å². The van der Waals surface area contributed by atoms with Crippen LogP contribution in [0.5, 0.6) is 0 Å². The minimum Gasteiger partial charge on any atom is -0.357 e. The van der Waals surface area contributed by atoms with E-state index in [0.29, 0.717) is 12.5 Å². The van der Waals surface area contributed by atoms with Gasteiger partial charge in [0.05, 0.1) is 5.01 Å². The number of guanidine groups is 1. The second-order valence-corrected chi connectivity index (χ2v) is 7.01. The molecule has 1 aromatic heterocycles. The second kappa shape index (κ2) is 9.61. The van der Waals surface area contributed by atoms with Crippen molar-refractivity contribution in [2.45, 2.75) is 52.5 Å². The van der Waals surface area contributed by atoms with Gasteiger partial charge in [0.25, 0.3) is 0 Å². The summed E-state index contributed by atoms with van der Waals surface area (Å²) >= 11 is 1.72. The number of aryl methyl sites for hydroxylation is 2. The topological polar surface area (TPSA) is 69.6 Å². The Labute approximate surface area is 148 Å². The average Bonchev–Trinajstić information content (AvgIpc) is 3.20. The van der Waals surface area contributed by atoms with Crippen LogP contribution in [0.4, 0.5) is 0 Å². The van der Waals surface area contributed by atoms with Crippen molar-refractivity contribution < 1.29 is 4.79 Å². The van der Waals surface area contributed by atoms with Crippen molar-refractivity contribution in [2.24, 2.45) is 4.99 Å². The fraction of sp³-hybridized carbons (Fsp3) is 0.706. The van der Waals surface area contributed by atoms with Crippen molar-refractivity contribution in [3.05, 3.63) is 16.1 Å². The molecule has 0 spiro atoms. The van der Waals surface area contributed by atoms with Crippen LogP contribution < -0.4 is 10.6 Å². The molecule has 0 aromatic carbocycles. The van der Waals surface area contributed by atoms with Crippen molar-refractivity contribution in [1.82, 2.24) is 20.5 Å². The average molecular weight is 352 g/mol. The summed E-state index contributed by atoms with van der Waals surface area (Å²) in [5, 5.41) is 10.0. The molecular formula is C17H29N5OS. The molecule has 1 atom stereocenters. The number of amides is 1. The Morgan fingerprint density at radius 3 is 3.00 bits per heavy atom. The molecule has 2 N–H and O–H groups in total. The van der Waals surface area contributed by atoms with Crippen molar-refractivity contribution in [1.29, 1.82) is 0 Å². The van der Waals surface area contributed by atoms with Crippen LogP contribution >= 0.6 is 11.3 Å². The summed E-state index contributed by atoms with van der Waals surface area (Å²) in [6, 6.07) is 0.292. The maximum atomic E-state index is 11.8. The quantitative estimate of drug-likeness (QED) is 0.447. The minimum absolute atomic E-state index is 0.236. The second-order valence-electron chi connectivity index (χ2n) is 6.07. The molecule has 1 aromatic rings. The van der Waals surface area contributed by atoms with Crippen LogP contribution in [0.2, 0.25) is 0 Å². The predicted molar refractivity (Wildman–Crippen MR) is 99.6 cm³/mol. The van der Waals surface area contributed by atoms with Gasteiger partial charge in [0.15, 0.2) is 5.96 Å². The first-order valence-electron chi connectivity index (χ1n) is 8.86. The van der Waals surface area contributed by atoms with E-state index in [4.69, 9.17) is 0 Å². The normalized spacial score (nSPS) is 18.0. The van der Waals surface area contributed by atoms with Crippen molar-refractivity contribution in [2.75, 3.05) is 26.2 Å². The molecule has 1 aliphatic heterocycles. The van der Waals surface area contributed by atoms with Crippen molar-refractivity contribution >= 4 is 23.2 Å². The lowest BCUT2D eigenvalue weighted by Gasteiger charge is -2.18. The SMILES string of the molecule is CCNC(=NCCCc1nc(C)cs1)NC1CCN(C(=O)CC)C1. The summed E-state index contributed by atoms with van der Waals surface area (Å²) in [5.41, 5.74) is 1.10. The van der Waals surface area contributed by atoms with Gasteiger partial charge < -0.3 is 15.5 Å². The van der Waals surface area contributed by atoms with Gasteiger partial charge in [-0.3, -0.25) is 9.79 Å². The summed E-state index contributed by atoms with van der Waals surface area (Å²) in [7, 11) is 0.